The van der Waals surface area contributed by atoms with Crippen LogP contribution in [0.5, 0.6) is 0 Å². The molecule has 0 aromatic heterocycles. The molecule has 1 atom stereocenters. The van der Waals surface area contributed by atoms with E-state index in [1.807, 2.05) is 6.07 Å². The van der Waals surface area contributed by atoms with Gasteiger partial charge in [0.15, 0.2) is 5.78 Å². The third-order valence-electron chi connectivity index (χ3n) is 4.64. The number of benzene rings is 2. The van der Waals surface area contributed by atoms with Crippen LogP contribution in [0.2, 0.25) is 0 Å². The summed E-state index contributed by atoms with van der Waals surface area (Å²) in [5, 5.41) is 0. The standard InChI is InChI=1S/C20H23NO/c1-15-7-6-8-16(2)20(15)18-11-12-21(14-19(18)22)13-17-9-4-3-5-10-17/h3-10,18H,11-14H2,1-2H3. The van der Waals surface area contributed by atoms with Gasteiger partial charge < -0.3 is 0 Å². The van der Waals surface area contributed by atoms with Crippen molar-refractivity contribution in [2.45, 2.75) is 32.7 Å². The Balaban J connectivity index is 1.72. The van der Waals surface area contributed by atoms with Crippen LogP contribution in [0, 0.1) is 13.8 Å². The zero-order chi connectivity index (χ0) is 15.5. The molecule has 1 aliphatic rings. The van der Waals surface area contributed by atoms with Gasteiger partial charge >= 0.3 is 0 Å². The van der Waals surface area contributed by atoms with Crippen molar-refractivity contribution in [3.8, 4) is 0 Å². The summed E-state index contributed by atoms with van der Waals surface area (Å²) in [6.07, 6.45) is 0.928. The van der Waals surface area contributed by atoms with Crippen molar-refractivity contribution in [2.24, 2.45) is 0 Å². The van der Waals surface area contributed by atoms with Crippen molar-refractivity contribution in [3.63, 3.8) is 0 Å². The number of carbonyl (C=O) groups is 1. The molecule has 3 rings (SSSR count). The molecule has 2 nitrogen and oxygen atoms in total. The fraction of sp³-hybridized carbons (Fsp3) is 0.350. The summed E-state index contributed by atoms with van der Waals surface area (Å²) in [5.74, 6) is 0.438. The van der Waals surface area contributed by atoms with Gasteiger partial charge in [-0.05, 0) is 49.1 Å². The first kappa shape index (κ1) is 15.0. The molecule has 2 aromatic rings. The van der Waals surface area contributed by atoms with Gasteiger partial charge in [0.2, 0.25) is 0 Å². The lowest BCUT2D eigenvalue weighted by Crippen LogP contribution is -2.39. The molecule has 1 unspecified atom stereocenters. The predicted octanol–water partition coefficient (Wildman–Crippen LogP) is 3.86. The van der Waals surface area contributed by atoms with E-state index in [1.54, 1.807) is 0 Å². The molecule has 2 aromatic carbocycles. The van der Waals surface area contributed by atoms with Crippen LogP contribution in [-0.2, 0) is 11.3 Å². The monoisotopic (exact) mass is 293 g/mol. The summed E-state index contributed by atoms with van der Waals surface area (Å²) in [5.41, 5.74) is 5.03. The Kier molecular flexibility index (Phi) is 4.39. The molecule has 0 spiro atoms. The Morgan fingerprint density at radius 2 is 1.68 bits per heavy atom. The summed E-state index contributed by atoms with van der Waals surface area (Å²) >= 11 is 0. The van der Waals surface area contributed by atoms with Crippen LogP contribution in [0.4, 0.5) is 0 Å². The molecule has 0 bridgehead atoms. The lowest BCUT2D eigenvalue weighted by Gasteiger charge is -2.32. The third kappa shape index (κ3) is 3.12. The molecule has 1 heterocycles. The summed E-state index contributed by atoms with van der Waals surface area (Å²) in [7, 11) is 0. The minimum Gasteiger partial charge on any atom is -0.298 e. The van der Waals surface area contributed by atoms with Crippen molar-refractivity contribution < 1.29 is 4.79 Å². The molecule has 0 amide bonds. The molecule has 0 N–H and O–H groups in total. The number of piperidine rings is 1. The number of likely N-dealkylation sites (tertiary alicyclic amines) is 1. The first-order chi connectivity index (χ1) is 10.6. The average Bonchev–Trinajstić information content (AvgIpc) is 2.50. The summed E-state index contributed by atoms with van der Waals surface area (Å²) < 4.78 is 0. The first-order valence-electron chi connectivity index (χ1n) is 8.00. The fourth-order valence-corrected chi connectivity index (χ4v) is 3.54. The second kappa shape index (κ2) is 6.45. The van der Waals surface area contributed by atoms with Crippen molar-refractivity contribution in [3.05, 3.63) is 70.8 Å². The van der Waals surface area contributed by atoms with Gasteiger partial charge in [-0.2, -0.15) is 0 Å². The molecule has 114 valence electrons. The van der Waals surface area contributed by atoms with Crippen molar-refractivity contribution in [2.75, 3.05) is 13.1 Å². The molecule has 22 heavy (non-hydrogen) atoms. The van der Waals surface area contributed by atoms with E-state index in [-0.39, 0.29) is 5.92 Å². The maximum atomic E-state index is 12.7. The van der Waals surface area contributed by atoms with Crippen LogP contribution in [0.15, 0.2) is 48.5 Å². The Hall–Kier alpha value is -1.93. The number of ketones is 1. The van der Waals surface area contributed by atoms with Crippen molar-refractivity contribution >= 4 is 5.78 Å². The summed E-state index contributed by atoms with van der Waals surface area (Å²) in [6, 6.07) is 16.7. The van der Waals surface area contributed by atoms with Gasteiger partial charge in [-0.25, -0.2) is 0 Å². The number of rotatable bonds is 3. The highest BCUT2D eigenvalue weighted by Gasteiger charge is 2.29. The smallest absolute Gasteiger partial charge is 0.154 e. The van der Waals surface area contributed by atoms with E-state index < -0.39 is 0 Å². The van der Waals surface area contributed by atoms with E-state index in [0.29, 0.717) is 12.3 Å². The second-order valence-corrected chi connectivity index (χ2v) is 6.31. The Bertz CT molecular complexity index is 642. The van der Waals surface area contributed by atoms with Gasteiger partial charge in [-0.3, -0.25) is 9.69 Å². The number of hydrogen-bond acceptors (Lipinski definition) is 2. The van der Waals surface area contributed by atoms with Crippen LogP contribution < -0.4 is 0 Å². The molecule has 1 fully saturated rings. The van der Waals surface area contributed by atoms with Crippen molar-refractivity contribution in [1.29, 1.82) is 0 Å². The maximum absolute atomic E-state index is 12.7. The van der Waals surface area contributed by atoms with E-state index in [9.17, 15) is 4.79 Å². The zero-order valence-corrected chi connectivity index (χ0v) is 13.4. The van der Waals surface area contributed by atoms with Gasteiger partial charge in [-0.1, -0.05) is 48.5 Å². The van der Waals surface area contributed by atoms with Gasteiger partial charge in [-0.15, -0.1) is 0 Å². The quantitative estimate of drug-likeness (QED) is 0.856. The molecule has 0 aliphatic carbocycles. The maximum Gasteiger partial charge on any atom is 0.154 e. The molecule has 1 saturated heterocycles. The topological polar surface area (TPSA) is 20.3 Å². The minimum absolute atomic E-state index is 0.0771. The predicted molar refractivity (Wildman–Crippen MR) is 90.0 cm³/mol. The van der Waals surface area contributed by atoms with Crippen LogP contribution >= 0.6 is 0 Å². The number of Topliss-reactive ketones (excluding diaryl/α,β-unsaturated/α-hetero) is 1. The van der Waals surface area contributed by atoms with Gasteiger partial charge in [0.1, 0.15) is 0 Å². The van der Waals surface area contributed by atoms with E-state index in [4.69, 9.17) is 0 Å². The Labute approximate surface area is 132 Å². The van der Waals surface area contributed by atoms with Crippen LogP contribution in [0.25, 0.3) is 0 Å². The highest BCUT2D eigenvalue weighted by atomic mass is 16.1. The zero-order valence-electron chi connectivity index (χ0n) is 13.4. The molecule has 2 heteroatoms. The Morgan fingerprint density at radius 3 is 2.32 bits per heavy atom. The highest BCUT2D eigenvalue weighted by Crippen LogP contribution is 2.30. The summed E-state index contributed by atoms with van der Waals surface area (Å²) in [4.78, 5) is 14.9. The van der Waals surface area contributed by atoms with E-state index in [2.05, 4.69) is 61.2 Å². The lowest BCUT2D eigenvalue weighted by molar-refractivity contribution is -0.124. The molecule has 0 radical (unpaired) electrons. The second-order valence-electron chi connectivity index (χ2n) is 6.31. The SMILES string of the molecule is Cc1cccc(C)c1C1CCN(Cc2ccccc2)CC1=O. The third-order valence-corrected chi connectivity index (χ3v) is 4.64. The van der Waals surface area contributed by atoms with Gasteiger partial charge in [0.05, 0.1) is 6.54 Å². The Morgan fingerprint density at radius 1 is 1.00 bits per heavy atom. The number of nitrogens with zero attached hydrogens (tertiary/aromatic N) is 1. The molecule has 1 aliphatic heterocycles. The van der Waals surface area contributed by atoms with Crippen LogP contribution in [0.3, 0.4) is 0 Å². The highest BCUT2D eigenvalue weighted by molar-refractivity contribution is 5.88. The number of carbonyl (C=O) groups excluding carboxylic acids is 1. The van der Waals surface area contributed by atoms with Gasteiger partial charge in [0, 0.05) is 12.5 Å². The molecular weight excluding hydrogens is 270 g/mol. The number of hydrogen-bond donors (Lipinski definition) is 0. The normalized spacial score (nSPS) is 19.4. The summed E-state index contributed by atoms with van der Waals surface area (Å²) in [6.45, 7) is 6.65. The van der Waals surface area contributed by atoms with Gasteiger partial charge in [0.25, 0.3) is 0 Å². The fourth-order valence-electron chi connectivity index (χ4n) is 3.54. The van der Waals surface area contributed by atoms with Crippen LogP contribution in [-0.4, -0.2) is 23.8 Å². The molecule has 0 saturated carbocycles. The van der Waals surface area contributed by atoms with E-state index >= 15 is 0 Å². The lowest BCUT2D eigenvalue weighted by atomic mass is 9.83. The van der Waals surface area contributed by atoms with E-state index in [0.717, 1.165) is 19.5 Å². The average molecular weight is 293 g/mol. The van der Waals surface area contributed by atoms with Crippen LogP contribution in [0.1, 0.15) is 34.6 Å². The minimum atomic E-state index is 0.0771. The molecular formula is C20H23NO. The first-order valence-corrected chi connectivity index (χ1v) is 8.00. The van der Waals surface area contributed by atoms with Crippen molar-refractivity contribution in [1.82, 2.24) is 4.90 Å². The van der Waals surface area contributed by atoms with E-state index in [1.165, 1.54) is 22.3 Å². The largest absolute Gasteiger partial charge is 0.298 e. The number of aryl methyl sites for hydroxylation is 2.